The summed E-state index contributed by atoms with van der Waals surface area (Å²) in [5, 5.41) is 4.03. The van der Waals surface area contributed by atoms with Crippen LogP contribution in [-0.2, 0) is 0 Å². The monoisotopic (exact) mass is 354 g/mol. The molecule has 2 heterocycles. The van der Waals surface area contributed by atoms with Gasteiger partial charge in [-0.25, -0.2) is 4.98 Å². The molecule has 0 amide bonds. The first-order valence-corrected chi connectivity index (χ1v) is 9.57. The van der Waals surface area contributed by atoms with Gasteiger partial charge in [-0.2, -0.15) is 0 Å². The fourth-order valence-corrected chi connectivity index (χ4v) is 4.31. The summed E-state index contributed by atoms with van der Waals surface area (Å²) in [5.74, 6) is 0.679. The fourth-order valence-electron chi connectivity index (χ4n) is 3.29. The zero-order chi connectivity index (χ0) is 16.4. The molecule has 0 spiro atoms. The van der Waals surface area contributed by atoms with Crippen LogP contribution in [0.15, 0.2) is 60.0 Å². The van der Waals surface area contributed by atoms with E-state index >= 15 is 0 Å². The Balaban J connectivity index is 1.44. The Morgan fingerprint density at radius 3 is 2.38 bits per heavy atom. The van der Waals surface area contributed by atoms with Crippen LogP contribution in [0.2, 0.25) is 5.02 Å². The van der Waals surface area contributed by atoms with Gasteiger partial charge in [0.05, 0.1) is 5.69 Å². The van der Waals surface area contributed by atoms with Gasteiger partial charge in [-0.05, 0) is 36.5 Å². The second-order valence-corrected chi connectivity index (χ2v) is 7.47. The molecule has 4 rings (SSSR count). The van der Waals surface area contributed by atoms with Crippen LogP contribution < -0.4 is 4.90 Å². The summed E-state index contributed by atoms with van der Waals surface area (Å²) in [6, 6.07) is 18.8. The summed E-state index contributed by atoms with van der Waals surface area (Å²) in [4.78, 5) is 7.25. The molecule has 0 N–H and O–H groups in total. The number of hydrogen-bond acceptors (Lipinski definition) is 3. The van der Waals surface area contributed by atoms with Gasteiger partial charge in [0.2, 0.25) is 0 Å². The maximum atomic E-state index is 5.96. The minimum Gasteiger partial charge on any atom is -0.348 e. The van der Waals surface area contributed by atoms with Crippen molar-refractivity contribution in [2.45, 2.75) is 18.8 Å². The normalized spacial score (nSPS) is 15.6. The van der Waals surface area contributed by atoms with Crippen molar-refractivity contribution < 1.29 is 0 Å². The van der Waals surface area contributed by atoms with Gasteiger partial charge in [0.25, 0.3) is 0 Å². The zero-order valence-electron chi connectivity index (χ0n) is 13.4. The van der Waals surface area contributed by atoms with Crippen molar-refractivity contribution in [3.8, 4) is 11.3 Å². The highest BCUT2D eigenvalue weighted by Crippen LogP contribution is 2.33. The van der Waals surface area contributed by atoms with Crippen LogP contribution in [0.3, 0.4) is 0 Å². The van der Waals surface area contributed by atoms with E-state index in [2.05, 4.69) is 40.6 Å². The third kappa shape index (κ3) is 3.33. The van der Waals surface area contributed by atoms with Gasteiger partial charge in [-0.1, -0.05) is 54.1 Å². The highest BCUT2D eigenvalue weighted by molar-refractivity contribution is 7.14. The number of piperidine rings is 1. The zero-order valence-corrected chi connectivity index (χ0v) is 14.9. The van der Waals surface area contributed by atoms with Gasteiger partial charge in [0.1, 0.15) is 0 Å². The Bertz CT molecular complexity index is 790. The molecular formula is C20H19ClN2S. The summed E-state index contributed by atoms with van der Waals surface area (Å²) in [6.45, 7) is 2.15. The Morgan fingerprint density at radius 2 is 1.67 bits per heavy atom. The van der Waals surface area contributed by atoms with Crippen molar-refractivity contribution in [3.63, 3.8) is 0 Å². The molecular weight excluding hydrogens is 336 g/mol. The van der Waals surface area contributed by atoms with E-state index in [4.69, 9.17) is 16.6 Å². The molecule has 0 bridgehead atoms. The van der Waals surface area contributed by atoms with Crippen molar-refractivity contribution in [1.82, 2.24) is 4.98 Å². The second-order valence-electron chi connectivity index (χ2n) is 6.19. The number of rotatable bonds is 3. The van der Waals surface area contributed by atoms with Crippen LogP contribution in [-0.4, -0.2) is 18.1 Å². The Kier molecular flexibility index (Phi) is 4.54. The van der Waals surface area contributed by atoms with Gasteiger partial charge in [-0.3, -0.25) is 0 Å². The molecule has 24 heavy (non-hydrogen) atoms. The molecule has 0 unspecified atom stereocenters. The number of halogens is 1. The lowest BCUT2D eigenvalue weighted by Crippen LogP contribution is -2.32. The SMILES string of the molecule is Clc1ccc(-c2csc(N3CCC(c4ccccc4)CC3)n2)cc1. The van der Waals surface area contributed by atoms with E-state index in [0.29, 0.717) is 5.92 Å². The van der Waals surface area contributed by atoms with Crippen molar-refractivity contribution in [2.24, 2.45) is 0 Å². The first-order valence-electron chi connectivity index (χ1n) is 8.31. The molecule has 1 aromatic heterocycles. The number of thiazole rings is 1. The number of nitrogens with zero attached hydrogens (tertiary/aromatic N) is 2. The molecule has 0 atom stereocenters. The Morgan fingerprint density at radius 1 is 0.958 bits per heavy atom. The number of anilines is 1. The first-order chi connectivity index (χ1) is 11.8. The molecule has 1 aliphatic rings. The van der Waals surface area contributed by atoms with E-state index in [0.717, 1.165) is 34.5 Å². The highest BCUT2D eigenvalue weighted by atomic mass is 35.5. The molecule has 3 aromatic rings. The van der Waals surface area contributed by atoms with Crippen LogP contribution in [0, 0.1) is 0 Å². The predicted octanol–water partition coefficient (Wildman–Crippen LogP) is 5.85. The maximum Gasteiger partial charge on any atom is 0.185 e. The molecule has 2 nitrogen and oxygen atoms in total. The summed E-state index contributed by atoms with van der Waals surface area (Å²) in [6.07, 6.45) is 2.39. The molecule has 122 valence electrons. The number of hydrogen-bond donors (Lipinski definition) is 0. The lowest BCUT2D eigenvalue weighted by Gasteiger charge is -2.32. The maximum absolute atomic E-state index is 5.96. The molecule has 1 aliphatic heterocycles. The van der Waals surface area contributed by atoms with E-state index in [-0.39, 0.29) is 0 Å². The number of aromatic nitrogens is 1. The van der Waals surface area contributed by atoms with Gasteiger partial charge in [0, 0.05) is 29.1 Å². The van der Waals surface area contributed by atoms with E-state index in [1.54, 1.807) is 11.3 Å². The average molecular weight is 355 g/mol. The van der Waals surface area contributed by atoms with Gasteiger partial charge in [-0.15, -0.1) is 11.3 Å². The third-order valence-electron chi connectivity index (χ3n) is 4.67. The molecule has 4 heteroatoms. The average Bonchev–Trinajstić information content (AvgIpc) is 3.13. The molecule has 0 saturated carbocycles. The van der Waals surface area contributed by atoms with Crippen LogP contribution in [0.4, 0.5) is 5.13 Å². The van der Waals surface area contributed by atoms with E-state index in [1.807, 2.05) is 24.3 Å². The van der Waals surface area contributed by atoms with Crippen LogP contribution in [0.1, 0.15) is 24.3 Å². The van der Waals surface area contributed by atoms with Crippen LogP contribution in [0.25, 0.3) is 11.3 Å². The van der Waals surface area contributed by atoms with Crippen molar-refractivity contribution in [3.05, 3.63) is 70.6 Å². The minimum absolute atomic E-state index is 0.679. The lowest BCUT2D eigenvalue weighted by atomic mass is 9.90. The molecule has 1 fully saturated rings. The summed E-state index contributed by atoms with van der Waals surface area (Å²) >= 11 is 7.70. The van der Waals surface area contributed by atoms with E-state index in [1.165, 1.54) is 18.4 Å². The molecule has 0 radical (unpaired) electrons. The van der Waals surface area contributed by atoms with Crippen molar-refractivity contribution >= 4 is 28.1 Å². The van der Waals surface area contributed by atoms with Crippen molar-refractivity contribution in [2.75, 3.05) is 18.0 Å². The smallest absolute Gasteiger partial charge is 0.185 e. The number of benzene rings is 2. The third-order valence-corrected chi connectivity index (χ3v) is 5.82. The topological polar surface area (TPSA) is 16.1 Å². The Hall–Kier alpha value is -1.84. The minimum atomic E-state index is 0.679. The van der Waals surface area contributed by atoms with Gasteiger partial charge < -0.3 is 4.90 Å². The van der Waals surface area contributed by atoms with Crippen molar-refractivity contribution in [1.29, 1.82) is 0 Å². The summed E-state index contributed by atoms with van der Waals surface area (Å²) < 4.78 is 0. The summed E-state index contributed by atoms with van der Waals surface area (Å²) in [5.41, 5.74) is 3.64. The van der Waals surface area contributed by atoms with Gasteiger partial charge in [0.15, 0.2) is 5.13 Å². The first kappa shape index (κ1) is 15.7. The fraction of sp³-hybridized carbons (Fsp3) is 0.250. The standard InChI is InChI=1S/C20H19ClN2S/c21-18-8-6-17(7-9-18)19-14-24-20(22-19)23-12-10-16(11-13-23)15-4-2-1-3-5-15/h1-9,14,16H,10-13H2. The predicted molar refractivity (Wildman–Crippen MR) is 103 cm³/mol. The van der Waals surface area contributed by atoms with Crippen LogP contribution in [0.5, 0.6) is 0 Å². The second kappa shape index (κ2) is 6.96. The van der Waals surface area contributed by atoms with E-state index in [9.17, 15) is 0 Å². The molecule has 1 saturated heterocycles. The largest absolute Gasteiger partial charge is 0.348 e. The lowest BCUT2D eigenvalue weighted by molar-refractivity contribution is 0.505. The van der Waals surface area contributed by atoms with Crippen LogP contribution >= 0.6 is 22.9 Å². The van der Waals surface area contributed by atoms with E-state index < -0.39 is 0 Å². The van der Waals surface area contributed by atoms with Gasteiger partial charge >= 0.3 is 0 Å². The Labute approximate surface area is 151 Å². The molecule has 0 aliphatic carbocycles. The molecule has 2 aromatic carbocycles. The summed E-state index contributed by atoms with van der Waals surface area (Å²) in [7, 11) is 0. The quantitative estimate of drug-likeness (QED) is 0.586. The highest BCUT2D eigenvalue weighted by Gasteiger charge is 2.22.